The van der Waals surface area contributed by atoms with Crippen molar-refractivity contribution >= 4 is 35.0 Å². The monoisotopic (exact) mass is 590 g/mol. The van der Waals surface area contributed by atoms with Crippen LogP contribution in [0.5, 0.6) is 5.75 Å². The number of carbonyl (C=O) groups is 2. The van der Waals surface area contributed by atoms with Gasteiger partial charge in [0.05, 0.1) is 19.0 Å². The Kier molecular flexibility index (Phi) is 9.42. The van der Waals surface area contributed by atoms with E-state index in [1.807, 2.05) is 37.1 Å². The first-order chi connectivity index (χ1) is 20.8. The number of rotatable bonds is 10. The van der Waals surface area contributed by atoms with Gasteiger partial charge in [-0.2, -0.15) is 4.98 Å². The number of benzene rings is 2. The number of hydrogen-bond donors (Lipinski definition) is 2. The average Bonchev–Trinajstić information content (AvgIpc) is 3.02. The van der Waals surface area contributed by atoms with Crippen molar-refractivity contribution in [2.24, 2.45) is 5.92 Å². The van der Waals surface area contributed by atoms with E-state index in [9.17, 15) is 9.59 Å². The van der Waals surface area contributed by atoms with Crippen LogP contribution in [0.3, 0.4) is 0 Å². The smallest absolute Gasteiger partial charge is 0.251 e. The summed E-state index contributed by atoms with van der Waals surface area (Å²) in [5, 5.41) is 10.1. The first-order valence-corrected chi connectivity index (χ1v) is 14.9. The molecule has 0 bridgehead atoms. The van der Waals surface area contributed by atoms with Crippen molar-refractivity contribution in [2.45, 2.75) is 38.8 Å². The molecule has 11 heteroatoms. The summed E-state index contributed by atoms with van der Waals surface area (Å²) in [5.41, 5.74) is 3.13. The van der Waals surface area contributed by atoms with Gasteiger partial charge in [0.15, 0.2) is 5.82 Å². The Labute approximate surface area is 256 Å². The van der Waals surface area contributed by atoms with E-state index in [0.29, 0.717) is 53.3 Å². The van der Waals surface area contributed by atoms with E-state index in [-0.39, 0.29) is 20.7 Å². The molecule has 2 amide bonds. The van der Waals surface area contributed by atoms with Gasteiger partial charge in [0.1, 0.15) is 17.5 Å². The Bertz CT molecular complexity index is 1440. The van der Waals surface area contributed by atoms with Crippen LogP contribution in [0.4, 0.5) is 23.1 Å². The number of fused-ring (bicyclic) bond motifs is 1. The maximum absolute atomic E-state index is 13.0. The van der Waals surface area contributed by atoms with Crippen molar-refractivity contribution in [3.63, 3.8) is 0 Å². The summed E-state index contributed by atoms with van der Waals surface area (Å²) in [7, 11) is 7.10. The highest BCUT2D eigenvalue weighted by molar-refractivity contribution is 6.04. The van der Waals surface area contributed by atoms with Gasteiger partial charge in [0, 0.05) is 42.6 Å². The molecular weight excluding hydrogens is 544 g/mol. The molecule has 232 valence electrons. The molecule has 3 heterocycles. The number of nitrogens with zero attached hydrogens (tertiary/aromatic N) is 6. The molecule has 1 saturated heterocycles. The quantitative estimate of drug-likeness (QED) is 0.355. The Morgan fingerprint density at radius 3 is 2.56 bits per heavy atom. The fraction of sp³-hybridized carbons (Fsp3) is 0.438. The second-order valence-electron chi connectivity index (χ2n) is 11.4. The molecule has 11 nitrogen and oxygen atoms in total. The number of hydrogen-bond acceptors (Lipinski definition) is 9. The molecule has 2 N–H and O–H groups in total. The van der Waals surface area contributed by atoms with Crippen molar-refractivity contribution < 1.29 is 17.2 Å². The van der Waals surface area contributed by atoms with E-state index in [1.54, 1.807) is 43.5 Å². The topological polar surface area (TPSA) is 106 Å². The highest BCUT2D eigenvalue weighted by Gasteiger charge is 2.38. The summed E-state index contributed by atoms with van der Waals surface area (Å²) in [6.07, 6.45) is 4.41. The lowest BCUT2D eigenvalue weighted by molar-refractivity contribution is -0.120. The lowest BCUT2D eigenvalue weighted by Crippen LogP contribution is -2.57. The molecule has 2 aromatic carbocycles. The van der Waals surface area contributed by atoms with Crippen molar-refractivity contribution in [1.29, 1.82) is 0 Å². The highest BCUT2D eigenvalue weighted by atomic mass is 16.5. The summed E-state index contributed by atoms with van der Waals surface area (Å²) in [5.74, 6) is 1.84. The third-order valence-electron chi connectivity index (χ3n) is 8.27. The number of methoxy groups -OCH3 is 1. The van der Waals surface area contributed by atoms with Crippen molar-refractivity contribution in [1.82, 2.24) is 25.2 Å². The second kappa shape index (κ2) is 13.4. The van der Waals surface area contributed by atoms with E-state index < -0.39 is 0 Å². The van der Waals surface area contributed by atoms with E-state index >= 15 is 0 Å². The molecule has 43 heavy (non-hydrogen) atoms. The van der Waals surface area contributed by atoms with Crippen LogP contribution in [0.15, 0.2) is 54.7 Å². The lowest BCUT2D eigenvalue weighted by Gasteiger charge is -2.43. The molecule has 1 fully saturated rings. The molecule has 1 aromatic heterocycles. The van der Waals surface area contributed by atoms with Gasteiger partial charge in [0.25, 0.3) is 11.8 Å². The number of ether oxygens (including phenoxy) is 1. The highest BCUT2D eigenvalue weighted by Crippen LogP contribution is 2.36. The van der Waals surface area contributed by atoms with Gasteiger partial charge in [-0.25, -0.2) is 9.99 Å². The summed E-state index contributed by atoms with van der Waals surface area (Å²) >= 11 is 0. The van der Waals surface area contributed by atoms with Gasteiger partial charge in [0.2, 0.25) is 5.95 Å². The van der Waals surface area contributed by atoms with E-state index in [1.165, 1.54) is 5.56 Å². The zero-order valence-electron chi connectivity index (χ0n) is 25.7. The largest absolute Gasteiger partial charge is 0.495 e. The molecule has 5 rings (SSSR count). The Morgan fingerprint density at radius 1 is 1.14 bits per heavy atom. The van der Waals surface area contributed by atoms with Crippen LogP contribution < -0.4 is 25.3 Å². The predicted molar refractivity (Wildman–Crippen MR) is 173 cm³/mol. The zero-order chi connectivity index (χ0) is 30.5. The number of aromatic nitrogens is 2. The number of likely N-dealkylation sites (tertiary alicyclic amines) is 1. The predicted octanol–water partition coefficient (Wildman–Crippen LogP) is 4.40. The molecule has 0 radical (unpaired) electrons. The second-order valence-corrected chi connectivity index (χ2v) is 11.4. The number of likely N-dealkylation sites (N-methyl/N-ethyl adjacent to an activating group) is 1. The summed E-state index contributed by atoms with van der Waals surface area (Å²) in [6, 6.07) is 15.5. The minimum Gasteiger partial charge on any atom is -0.495 e. The number of nitrogens with one attached hydrogen (secondary N) is 2. The van der Waals surface area contributed by atoms with Gasteiger partial charge in [-0.15, -0.1) is 0 Å². The molecule has 0 spiro atoms. The van der Waals surface area contributed by atoms with Gasteiger partial charge in [-0.1, -0.05) is 37.3 Å². The van der Waals surface area contributed by atoms with Crippen LogP contribution in [-0.4, -0.2) is 85.6 Å². The van der Waals surface area contributed by atoms with Crippen molar-refractivity contribution in [3.8, 4) is 5.75 Å². The summed E-state index contributed by atoms with van der Waals surface area (Å²) < 4.78 is 5.63. The normalized spacial score (nSPS) is 17.6. The minimum absolute atomic E-state index is 0. The maximum Gasteiger partial charge on any atom is 0.251 e. The third-order valence-corrected chi connectivity index (χ3v) is 8.27. The molecular formula is C32H46N8O3. The van der Waals surface area contributed by atoms with E-state index in [0.717, 1.165) is 32.5 Å². The minimum atomic E-state index is -0.357. The van der Waals surface area contributed by atoms with Gasteiger partial charge < -0.3 is 20.3 Å². The molecule has 1 unspecified atom stereocenters. The SMILES string of the molecule is CCC1C(=O)N(C)c2cnc(Nc3ccc(C(=O)NCC4CCN(Cc5ccccc5)CC4)cc3OC)nc2N1N(C)C.[HH].[HH]. The van der Waals surface area contributed by atoms with Crippen LogP contribution in [0.2, 0.25) is 0 Å². The number of anilines is 4. The first-order valence-electron chi connectivity index (χ1n) is 14.9. The van der Waals surface area contributed by atoms with Crippen LogP contribution in [0.1, 0.15) is 45.0 Å². The Balaban J connectivity index is 0.00000276. The standard InChI is InChI=1S/C32H42N8O3.2H2/c1-6-26-31(42)38(4)27-20-34-32(36-29(27)40(26)37(2)3)35-25-13-12-24(18-28(25)43-5)30(41)33-19-22-14-16-39(17-15-22)21-23-10-8-7-9-11-23;;/h7-13,18,20,22,26H,6,14-17,19,21H2,1-5H3,(H,33,41)(H,34,35,36);2*1H. The number of piperidine rings is 1. The molecule has 0 aliphatic carbocycles. The fourth-order valence-electron chi connectivity index (χ4n) is 5.83. The molecule has 2 aliphatic heterocycles. The third kappa shape index (κ3) is 6.73. The van der Waals surface area contributed by atoms with Gasteiger partial charge in [-0.05, 0) is 62.0 Å². The van der Waals surface area contributed by atoms with Crippen LogP contribution >= 0.6 is 0 Å². The fourth-order valence-corrected chi connectivity index (χ4v) is 5.83. The van der Waals surface area contributed by atoms with Gasteiger partial charge in [-0.3, -0.25) is 19.5 Å². The Hall–Kier alpha value is -4.22. The first kappa shape index (κ1) is 30.2. The number of hydrazine groups is 1. The van der Waals surface area contributed by atoms with Crippen LogP contribution in [0.25, 0.3) is 0 Å². The van der Waals surface area contributed by atoms with Gasteiger partial charge >= 0.3 is 0 Å². The zero-order valence-corrected chi connectivity index (χ0v) is 25.7. The van der Waals surface area contributed by atoms with E-state index in [2.05, 4.69) is 44.8 Å². The Morgan fingerprint density at radius 2 is 1.88 bits per heavy atom. The summed E-state index contributed by atoms with van der Waals surface area (Å²) in [4.78, 5) is 39.3. The lowest BCUT2D eigenvalue weighted by atomic mass is 9.96. The molecule has 3 aromatic rings. The van der Waals surface area contributed by atoms with E-state index in [4.69, 9.17) is 9.72 Å². The van der Waals surface area contributed by atoms with Crippen molar-refractivity contribution in [3.05, 3.63) is 65.9 Å². The number of carbonyl (C=O) groups excluding carboxylic acids is 2. The molecule has 2 aliphatic rings. The average molecular weight is 591 g/mol. The maximum atomic E-state index is 13.0. The van der Waals surface area contributed by atoms with Crippen LogP contribution in [-0.2, 0) is 11.3 Å². The molecule has 0 saturated carbocycles. The summed E-state index contributed by atoms with van der Waals surface area (Å²) in [6.45, 7) is 5.68. The van der Waals surface area contributed by atoms with Crippen LogP contribution in [0, 0.1) is 5.92 Å². The van der Waals surface area contributed by atoms with Crippen molar-refractivity contribution in [2.75, 3.05) is 63.1 Å². The number of amides is 2. The molecule has 1 atom stereocenters.